The molecule has 4 aromatic carbocycles. The fourth-order valence-electron chi connectivity index (χ4n) is 4.73. The molecule has 130 valence electrons. The van der Waals surface area contributed by atoms with Gasteiger partial charge in [-0.1, -0.05) is 66.4 Å². The van der Waals surface area contributed by atoms with Crippen molar-refractivity contribution in [3.05, 3.63) is 84.9 Å². The van der Waals surface area contributed by atoms with Crippen LogP contribution in [0.25, 0.3) is 11.1 Å². The van der Waals surface area contributed by atoms with Gasteiger partial charge in [-0.25, -0.2) is 0 Å². The van der Waals surface area contributed by atoms with Gasteiger partial charge < -0.3 is 9.55 Å². The molecule has 0 aromatic heterocycles. The van der Waals surface area contributed by atoms with Gasteiger partial charge in [-0.2, -0.15) is 0 Å². The van der Waals surface area contributed by atoms with Crippen LogP contribution in [0.5, 0.6) is 5.75 Å². The lowest BCUT2D eigenvalue weighted by molar-refractivity contribution is 0.590. The Labute approximate surface area is 167 Å². The summed E-state index contributed by atoms with van der Waals surface area (Å²) >= 11 is 1.85. The molecule has 0 bridgehead atoms. The van der Waals surface area contributed by atoms with Crippen LogP contribution < -0.4 is 20.5 Å². The number of hydrogen-bond donors (Lipinski definition) is 0. The minimum Gasteiger partial charge on any atom is -0.551 e. The number of benzene rings is 4. The molecule has 0 amide bonds. The number of para-hydroxylation sites is 3. The van der Waals surface area contributed by atoms with E-state index >= 15 is 0 Å². The summed E-state index contributed by atoms with van der Waals surface area (Å²) in [4.78, 5) is 5.02. The Kier molecular flexibility index (Phi) is 2.79. The zero-order valence-electron chi connectivity index (χ0n) is 14.9. The van der Waals surface area contributed by atoms with Crippen LogP contribution in [0.4, 0.5) is 17.1 Å². The first kappa shape index (κ1) is 14.9. The van der Waals surface area contributed by atoms with Gasteiger partial charge in [0.05, 0.1) is 11.4 Å². The van der Waals surface area contributed by atoms with Crippen molar-refractivity contribution in [3.8, 4) is 16.9 Å². The Morgan fingerprint density at radius 2 is 1.46 bits per heavy atom. The summed E-state index contributed by atoms with van der Waals surface area (Å²) < 4.78 is 6.59. The molecule has 0 atom stereocenters. The van der Waals surface area contributed by atoms with Gasteiger partial charge in [0.1, 0.15) is 5.75 Å². The summed E-state index contributed by atoms with van der Waals surface area (Å²) in [7, 11) is 0. The molecule has 0 aliphatic carbocycles. The molecule has 0 saturated heterocycles. The van der Waals surface area contributed by atoms with Crippen molar-refractivity contribution in [2.24, 2.45) is 0 Å². The monoisotopic (exact) mass is 375 g/mol. The maximum Gasteiger partial charge on any atom is 0.431 e. The summed E-state index contributed by atoms with van der Waals surface area (Å²) in [6, 6.07) is 30.3. The molecule has 28 heavy (non-hydrogen) atoms. The Hall–Kier alpha value is -3.11. The molecule has 0 unspecified atom stereocenters. The highest BCUT2D eigenvalue weighted by molar-refractivity contribution is 7.99. The molecule has 4 aromatic rings. The quantitative estimate of drug-likeness (QED) is 0.350. The van der Waals surface area contributed by atoms with Crippen molar-refractivity contribution in [3.63, 3.8) is 0 Å². The average molecular weight is 375 g/mol. The van der Waals surface area contributed by atoms with E-state index in [9.17, 15) is 0 Å². The SMILES string of the molecule is c1ccc2c(c1)OB1c3ccccc3N3c4ccccc4Sc4ccc-2c1c43. The third-order valence-corrected chi connectivity index (χ3v) is 6.99. The van der Waals surface area contributed by atoms with E-state index in [1.54, 1.807) is 0 Å². The van der Waals surface area contributed by atoms with E-state index in [0.29, 0.717) is 0 Å². The van der Waals surface area contributed by atoms with Gasteiger partial charge in [-0.15, -0.1) is 0 Å². The molecule has 3 aliphatic heterocycles. The molecular weight excluding hydrogens is 361 g/mol. The van der Waals surface area contributed by atoms with Gasteiger partial charge in [0, 0.05) is 26.5 Å². The molecule has 0 fully saturated rings. The topological polar surface area (TPSA) is 12.5 Å². The lowest BCUT2D eigenvalue weighted by atomic mass is 9.49. The van der Waals surface area contributed by atoms with Crippen molar-refractivity contribution in [2.75, 3.05) is 4.90 Å². The van der Waals surface area contributed by atoms with Gasteiger partial charge in [-0.05, 0) is 41.4 Å². The first-order chi connectivity index (χ1) is 13.9. The van der Waals surface area contributed by atoms with E-state index in [0.717, 1.165) is 5.75 Å². The van der Waals surface area contributed by atoms with Crippen LogP contribution in [-0.2, 0) is 0 Å². The summed E-state index contributed by atoms with van der Waals surface area (Å²) in [6.45, 7) is -0.0711. The van der Waals surface area contributed by atoms with Gasteiger partial charge in [0.25, 0.3) is 0 Å². The van der Waals surface area contributed by atoms with Crippen molar-refractivity contribution >= 4 is 46.7 Å². The van der Waals surface area contributed by atoms with E-state index in [1.165, 1.54) is 48.9 Å². The van der Waals surface area contributed by atoms with Crippen molar-refractivity contribution in [2.45, 2.75) is 9.79 Å². The predicted molar refractivity (Wildman–Crippen MR) is 116 cm³/mol. The fourth-order valence-corrected chi connectivity index (χ4v) is 5.81. The summed E-state index contributed by atoms with van der Waals surface area (Å²) in [5.41, 5.74) is 8.72. The average Bonchev–Trinajstić information content (AvgIpc) is 2.76. The highest BCUT2D eigenvalue weighted by Gasteiger charge is 2.44. The molecule has 0 spiro atoms. The molecule has 0 N–H and O–H groups in total. The standard InChI is InChI=1S/C24H14BNOS/c1-5-11-20-15(7-1)16-13-14-22-24-23(16)25(27-20)17-8-2-3-9-18(17)26(24)19-10-4-6-12-21(19)28-22/h1-14H. The van der Waals surface area contributed by atoms with E-state index in [-0.39, 0.29) is 6.92 Å². The lowest BCUT2D eigenvalue weighted by Crippen LogP contribution is -2.56. The second kappa shape index (κ2) is 5.24. The molecular formula is C24H14BNOS. The zero-order chi connectivity index (χ0) is 18.2. The van der Waals surface area contributed by atoms with Gasteiger partial charge >= 0.3 is 6.92 Å². The smallest absolute Gasteiger partial charge is 0.431 e. The second-order valence-corrected chi connectivity index (χ2v) is 8.42. The molecule has 3 aliphatic rings. The molecule has 7 rings (SSSR count). The first-order valence-corrected chi connectivity index (χ1v) is 10.3. The van der Waals surface area contributed by atoms with E-state index in [1.807, 2.05) is 11.8 Å². The molecule has 2 nitrogen and oxygen atoms in total. The minimum absolute atomic E-state index is 0.0711. The highest BCUT2D eigenvalue weighted by atomic mass is 32.2. The normalized spacial score (nSPS) is 14.4. The van der Waals surface area contributed by atoms with Crippen LogP contribution in [0.2, 0.25) is 0 Å². The predicted octanol–water partition coefficient (Wildman–Crippen LogP) is 5.10. The fraction of sp³-hybridized carbons (Fsp3) is 0. The largest absolute Gasteiger partial charge is 0.551 e. The number of rotatable bonds is 0. The summed E-state index contributed by atoms with van der Waals surface area (Å²) in [6.07, 6.45) is 0. The van der Waals surface area contributed by atoms with Crippen LogP contribution in [0.1, 0.15) is 0 Å². The van der Waals surface area contributed by atoms with E-state index < -0.39 is 0 Å². The van der Waals surface area contributed by atoms with Crippen LogP contribution in [0.3, 0.4) is 0 Å². The van der Waals surface area contributed by atoms with Crippen LogP contribution in [-0.4, -0.2) is 6.92 Å². The van der Waals surface area contributed by atoms with E-state index in [2.05, 4.69) is 89.8 Å². The van der Waals surface area contributed by atoms with E-state index in [4.69, 9.17) is 4.65 Å². The third kappa shape index (κ3) is 1.76. The number of fused-ring (bicyclic) bond motifs is 7. The van der Waals surface area contributed by atoms with Gasteiger partial charge in [0.2, 0.25) is 0 Å². The molecule has 3 heterocycles. The van der Waals surface area contributed by atoms with Crippen LogP contribution in [0.15, 0.2) is 94.7 Å². The van der Waals surface area contributed by atoms with Gasteiger partial charge in [-0.3, -0.25) is 0 Å². The maximum atomic E-state index is 6.59. The van der Waals surface area contributed by atoms with Crippen molar-refractivity contribution in [1.29, 1.82) is 0 Å². The minimum atomic E-state index is -0.0711. The Morgan fingerprint density at radius 1 is 0.679 bits per heavy atom. The summed E-state index contributed by atoms with van der Waals surface area (Å²) in [5, 5.41) is 0. The molecule has 0 saturated carbocycles. The number of hydrogen-bond acceptors (Lipinski definition) is 3. The van der Waals surface area contributed by atoms with Crippen LogP contribution in [0, 0.1) is 0 Å². The van der Waals surface area contributed by atoms with Crippen molar-refractivity contribution < 1.29 is 4.65 Å². The Balaban J connectivity index is 1.63. The highest BCUT2D eigenvalue weighted by Crippen LogP contribution is 2.53. The maximum absolute atomic E-state index is 6.59. The number of nitrogens with zero attached hydrogens (tertiary/aromatic N) is 1. The second-order valence-electron chi connectivity index (χ2n) is 7.33. The zero-order valence-corrected chi connectivity index (χ0v) is 15.7. The molecule has 4 heteroatoms. The first-order valence-electron chi connectivity index (χ1n) is 9.49. The summed E-state index contributed by atoms with van der Waals surface area (Å²) in [5.74, 6) is 0.965. The number of anilines is 3. The van der Waals surface area contributed by atoms with Gasteiger partial charge in [0.15, 0.2) is 0 Å². The Morgan fingerprint density at radius 3 is 2.43 bits per heavy atom. The third-order valence-electron chi connectivity index (χ3n) is 5.87. The van der Waals surface area contributed by atoms with Crippen LogP contribution >= 0.6 is 11.8 Å². The Bertz CT molecular complexity index is 1300. The lowest BCUT2D eigenvalue weighted by Gasteiger charge is -2.43. The molecule has 0 radical (unpaired) electrons. The van der Waals surface area contributed by atoms with Crippen molar-refractivity contribution in [1.82, 2.24) is 0 Å².